The van der Waals surface area contributed by atoms with Crippen LogP contribution in [-0.2, 0) is 13.0 Å². The molecule has 0 aliphatic heterocycles. The maximum Gasteiger partial charge on any atom is 0.606 e. The molecule has 0 amide bonds. The second kappa shape index (κ2) is 11.6. The molecule has 19 heavy (non-hydrogen) atoms. The van der Waals surface area contributed by atoms with Gasteiger partial charge in [-0.05, 0) is 41.5 Å². The van der Waals surface area contributed by atoms with Crippen LogP contribution in [-0.4, -0.2) is 36.6 Å². The van der Waals surface area contributed by atoms with E-state index in [1.807, 2.05) is 0 Å². The maximum atomic E-state index is 5.75. The Bertz CT molecular complexity index is 279. The zero-order chi connectivity index (χ0) is 14.7. The first kappa shape index (κ1) is 18.8. The molecule has 0 aliphatic rings. The molecule has 7 heteroatoms. The van der Waals surface area contributed by atoms with Crippen molar-refractivity contribution in [1.82, 2.24) is 0 Å². The monoisotopic (exact) mass is 314 g/mol. The molecule has 0 aromatic carbocycles. The summed E-state index contributed by atoms with van der Waals surface area (Å²) in [6.45, 7) is 12.5. The number of hydrogen-bond acceptors (Lipinski definition) is 3. The van der Waals surface area contributed by atoms with Crippen LogP contribution in [0.25, 0.3) is 0 Å². The molecule has 0 N–H and O–H groups in total. The van der Waals surface area contributed by atoms with Crippen molar-refractivity contribution in [2.45, 2.75) is 41.5 Å². The largest absolute Gasteiger partial charge is 0.606 e. The van der Waals surface area contributed by atoms with Crippen LogP contribution in [0.5, 0.6) is 0 Å². The van der Waals surface area contributed by atoms with Crippen molar-refractivity contribution in [3.05, 3.63) is 33.8 Å². The molecular formula is C12H27BO3Si3. The van der Waals surface area contributed by atoms with Gasteiger partial charge in [0.2, 0.25) is 0 Å². The first-order valence-corrected chi connectivity index (χ1v) is 10.8. The van der Waals surface area contributed by atoms with Crippen molar-refractivity contribution < 1.29 is 13.0 Å². The summed E-state index contributed by atoms with van der Waals surface area (Å²) in [6.07, 6.45) is 0. The second-order valence-corrected chi connectivity index (χ2v) is 8.36. The Labute approximate surface area is 125 Å². The molecule has 0 spiro atoms. The van der Waals surface area contributed by atoms with Gasteiger partial charge in [0.05, 0.1) is 0 Å². The number of rotatable bonds is 9. The summed E-state index contributed by atoms with van der Waals surface area (Å²) in [5.41, 5.74) is 10.4. The van der Waals surface area contributed by atoms with Crippen LogP contribution in [0.15, 0.2) is 33.8 Å². The molecule has 0 radical (unpaired) electrons. The lowest BCUT2D eigenvalue weighted by Crippen LogP contribution is -2.31. The van der Waals surface area contributed by atoms with Gasteiger partial charge >= 0.3 is 7.32 Å². The van der Waals surface area contributed by atoms with E-state index in [1.54, 1.807) is 0 Å². The molecule has 0 atom stereocenters. The van der Waals surface area contributed by atoms with E-state index in [0.717, 1.165) is 0 Å². The van der Waals surface area contributed by atoms with Crippen molar-refractivity contribution in [2.24, 2.45) is 0 Å². The highest BCUT2D eigenvalue weighted by molar-refractivity contribution is 6.61. The Kier molecular flexibility index (Phi) is 11.5. The highest BCUT2D eigenvalue weighted by Crippen LogP contribution is 1.96. The van der Waals surface area contributed by atoms with Crippen molar-refractivity contribution >= 4 is 36.6 Å². The predicted molar refractivity (Wildman–Crippen MR) is 92.9 cm³/mol. The minimum absolute atomic E-state index is 0.438. The zero-order valence-corrected chi connectivity index (χ0v) is 17.4. The van der Waals surface area contributed by atoms with Crippen LogP contribution in [0.3, 0.4) is 0 Å². The Hall–Kier alpha value is -0.184. The fourth-order valence-corrected chi connectivity index (χ4v) is 3.94. The molecule has 0 bridgehead atoms. The van der Waals surface area contributed by atoms with Gasteiger partial charge in [-0.2, -0.15) is 0 Å². The molecule has 0 saturated carbocycles. The first-order chi connectivity index (χ1) is 8.91. The van der Waals surface area contributed by atoms with Gasteiger partial charge in [0.25, 0.3) is 0 Å². The number of hydrogen-bond donors (Lipinski definition) is 0. The van der Waals surface area contributed by atoms with E-state index in [9.17, 15) is 0 Å². The summed E-state index contributed by atoms with van der Waals surface area (Å²) in [6, 6.07) is 0. The molecule has 0 rings (SSSR count). The molecule has 108 valence electrons. The third-order valence-electron chi connectivity index (χ3n) is 2.17. The third-order valence-corrected chi connectivity index (χ3v) is 6.52. The van der Waals surface area contributed by atoms with Gasteiger partial charge in [-0.3, -0.25) is 0 Å². The summed E-state index contributed by atoms with van der Waals surface area (Å²) < 4.78 is 17.2. The summed E-state index contributed by atoms with van der Waals surface area (Å²) in [5, 5.41) is 0. The lowest BCUT2D eigenvalue weighted by Gasteiger charge is -2.13. The van der Waals surface area contributed by atoms with E-state index in [2.05, 4.69) is 58.6 Å². The maximum absolute atomic E-state index is 5.75. The molecule has 0 aromatic rings. The van der Waals surface area contributed by atoms with Crippen molar-refractivity contribution in [3.8, 4) is 0 Å². The Morgan fingerprint density at radius 2 is 0.895 bits per heavy atom. The van der Waals surface area contributed by atoms with Crippen molar-refractivity contribution in [3.63, 3.8) is 0 Å². The van der Waals surface area contributed by atoms with Gasteiger partial charge < -0.3 is 13.0 Å². The molecule has 0 fully saturated rings. The Morgan fingerprint density at radius 3 is 1.11 bits per heavy atom. The molecule has 0 saturated heterocycles. The molecule has 0 aliphatic carbocycles. The first-order valence-electron chi connectivity index (χ1n) is 6.66. The van der Waals surface area contributed by atoms with Crippen LogP contribution in [0.4, 0.5) is 0 Å². The van der Waals surface area contributed by atoms with E-state index in [-0.39, 0.29) is 0 Å². The Balaban J connectivity index is 4.17. The normalized spacial score (nSPS) is 11.7. The van der Waals surface area contributed by atoms with Crippen LogP contribution in [0, 0.1) is 0 Å². The third kappa shape index (κ3) is 14.0. The summed E-state index contributed by atoms with van der Waals surface area (Å²) in [5.74, 6) is 0. The summed E-state index contributed by atoms with van der Waals surface area (Å²) >= 11 is 0. The minimum Gasteiger partial charge on any atom is -0.431 e. The number of allylic oxidation sites excluding steroid dienone is 3. The average molecular weight is 314 g/mol. The molecule has 0 aromatic heterocycles. The fourth-order valence-electron chi connectivity index (χ4n) is 1.02. The zero-order valence-electron chi connectivity index (χ0n) is 13.2. The van der Waals surface area contributed by atoms with Crippen LogP contribution < -0.4 is 0 Å². The standard InChI is InChI=1S/C12H27BO3Si3/c1-10(2)7-17-14-13(15-18-8-11(3)4)16-19-9-12(5)6/h7-9H,17-19H2,1-6H3. The predicted octanol–water partition coefficient (Wildman–Crippen LogP) is 1.04. The van der Waals surface area contributed by atoms with Crippen LogP contribution in [0.2, 0.25) is 0 Å². The smallest absolute Gasteiger partial charge is 0.431 e. The van der Waals surface area contributed by atoms with E-state index < -0.39 is 36.6 Å². The van der Waals surface area contributed by atoms with Gasteiger partial charge in [-0.1, -0.05) is 33.8 Å². The van der Waals surface area contributed by atoms with Gasteiger partial charge in [0.1, 0.15) is 0 Å². The lowest BCUT2D eigenvalue weighted by molar-refractivity contribution is 0.336. The quantitative estimate of drug-likeness (QED) is 0.595. The van der Waals surface area contributed by atoms with Gasteiger partial charge in [-0.15, -0.1) is 0 Å². The highest BCUT2D eigenvalue weighted by atomic mass is 28.2. The van der Waals surface area contributed by atoms with Crippen molar-refractivity contribution in [2.75, 3.05) is 0 Å². The van der Waals surface area contributed by atoms with E-state index in [1.165, 1.54) is 16.7 Å². The van der Waals surface area contributed by atoms with Gasteiger partial charge in [0.15, 0.2) is 29.3 Å². The summed E-state index contributed by atoms with van der Waals surface area (Å²) in [7, 11) is -2.50. The highest BCUT2D eigenvalue weighted by Gasteiger charge is 2.18. The molecule has 3 nitrogen and oxygen atoms in total. The molecule has 0 heterocycles. The average Bonchev–Trinajstić information content (AvgIpc) is 2.26. The molecular weight excluding hydrogens is 287 g/mol. The summed E-state index contributed by atoms with van der Waals surface area (Å²) in [4.78, 5) is 0. The second-order valence-electron chi connectivity index (χ2n) is 5.13. The van der Waals surface area contributed by atoms with Crippen LogP contribution in [0.1, 0.15) is 41.5 Å². The topological polar surface area (TPSA) is 27.7 Å². The van der Waals surface area contributed by atoms with Crippen molar-refractivity contribution in [1.29, 1.82) is 0 Å². The van der Waals surface area contributed by atoms with Crippen LogP contribution >= 0.6 is 0 Å². The molecule has 0 unspecified atom stereocenters. The van der Waals surface area contributed by atoms with E-state index in [4.69, 9.17) is 13.0 Å². The van der Waals surface area contributed by atoms with E-state index in [0.29, 0.717) is 0 Å². The minimum atomic E-state index is -0.687. The van der Waals surface area contributed by atoms with E-state index >= 15 is 0 Å². The fraction of sp³-hybridized carbons (Fsp3) is 0.500. The van der Waals surface area contributed by atoms with Gasteiger partial charge in [0, 0.05) is 0 Å². The lowest BCUT2D eigenvalue weighted by atomic mass is 10.3. The van der Waals surface area contributed by atoms with Gasteiger partial charge in [-0.25, -0.2) is 0 Å². The Morgan fingerprint density at radius 1 is 0.632 bits per heavy atom. The SMILES string of the molecule is CC(C)=C[SiH2]OB(O[SiH2]C=C(C)C)O[SiH2]C=C(C)C.